The van der Waals surface area contributed by atoms with Crippen molar-refractivity contribution in [2.45, 2.75) is 18.6 Å². The number of hydrogen-bond donors (Lipinski definition) is 3. The first-order valence-corrected chi connectivity index (χ1v) is 7.36. The van der Waals surface area contributed by atoms with E-state index < -0.39 is 11.8 Å². The van der Waals surface area contributed by atoms with Gasteiger partial charge in [-0.05, 0) is 22.6 Å². The molecule has 0 unspecified atom stereocenters. The van der Waals surface area contributed by atoms with Crippen LogP contribution in [0.15, 0.2) is 6.33 Å². The maximum Gasteiger partial charge on any atom is 0.407 e. The Hall–Kier alpha value is -1.69. The molecule has 0 bridgehead atoms. The first kappa shape index (κ1) is 14.3. The number of aromatic nitrogens is 4. The topological polar surface area (TPSA) is 130 Å². The molecule has 112 valence electrons. The Bertz CT molecular complexity index is 709. The van der Waals surface area contributed by atoms with Crippen LogP contribution in [-0.4, -0.2) is 54.0 Å². The molecule has 0 aromatic carbocycles. The summed E-state index contributed by atoms with van der Waals surface area (Å²) in [5.74, 6) is 0.308. The van der Waals surface area contributed by atoms with Crippen LogP contribution >= 0.6 is 22.6 Å². The number of rotatable bonds is 1. The second-order valence-electron chi connectivity index (χ2n) is 4.91. The van der Waals surface area contributed by atoms with E-state index in [1.165, 1.54) is 15.9 Å². The van der Waals surface area contributed by atoms with E-state index in [1.54, 1.807) is 0 Å². The Morgan fingerprint density at radius 1 is 1.38 bits per heavy atom. The van der Waals surface area contributed by atoms with Crippen molar-refractivity contribution < 1.29 is 15.0 Å². The van der Waals surface area contributed by atoms with E-state index in [1.807, 2.05) is 22.6 Å². The second kappa shape index (κ2) is 4.94. The van der Waals surface area contributed by atoms with Gasteiger partial charge < -0.3 is 20.8 Å². The van der Waals surface area contributed by atoms with Gasteiger partial charge in [0, 0.05) is 25.9 Å². The molecule has 1 aliphatic rings. The van der Waals surface area contributed by atoms with Crippen LogP contribution in [0.2, 0.25) is 0 Å². The fourth-order valence-corrected chi connectivity index (χ4v) is 3.22. The van der Waals surface area contributed by atoms with E-state index >= 15 is 0 Å². The zero-order valence-corrected chi connectivity index (χ0v) is 13.1. The molecule has 1 saturated heterocycles. The van der Waals surface area contributed by atoms with Gasteiger partial charge in [-0.2, -0.15) is 5.10 Å². The molecule has 0 spiro atoms. The first-order chi connectivity index (χ1) is 9.92. The molecule has 0 saturated carbocycles. The number of nitrogens with zero attached hydrogens (tertiary/aromatic N) is 5. The van der Waals surface area contributed by atoms with Crippen LogP contribution in [0.25, 0.3) is 11.0 Å². The highest BCUT2D eigenvalue weighted by Gasteiger charge is 2.38. The molecular weight excluding hydrogens is 391 g/mol. The fraction of sp³-hybridized carbons (Fsp3) is 0.455. The Morgan fingerprint density at radius 3 is 2.67 bits per heavy atom. The van der Waals surface area contributed by atoms with Crippen LogP contribution in [-0.2, 0) is 5.72 Å². The lowest BCUT2D eigenvalue weighted by Gasteiger charge is -2.36. The summed E-state index contributed by atoms with van der Waals surface area (Å²) in [5.41, 5.74) is 5.02. The van der Waals surface area contributed by atoms with E-state index in [0.717, 1.165) is 0 Å². The Morgan fingerprint density at radius 2 is 2.05 bits per heavy atom. The molecule has 10 heteroatoms. The minimum atomic E-state index is -1.27. The summed E-state index contributed by atoms with van der Waals surface area (Å²) in [6, 6.07) is 0. The van der Waals surface area contributed by atoms with Gasteiger partial charge in [0.05, 0.1) is 5.39 Å². The number of nitrogens with two attached hydrogens (primary N) is 1. The van der Waals surface area contributed by atoms with Gasteiger partial charge in [0.2, 0.25) is 0 Å². The molecule has 1 aliphatic heterocycles. The van der Waals surface area contributed by atoms with E-state index in [2.05, 4.69) is 15.1 Å². The number of aliphatic hydroxyl groups is 1. The van der Waals surface area contributed by atoms with Gasteiger partial charge in [0.15, 0.2) is 11.4 Å². The van der Waals surface area contributed by atoms with Gasteiger partial charge in [-0.3, -0.25) is 0 Å². The molecule has 3 heterocycles. The van der Waals surface area contributed by atoms with Crippen molar-refractivity contribution >= 4 is 45.5 Å². The van der Waals surface area contributed by atoms with Gasteiger partial charge in [-0.15, -0.1) is 0 Å². The molecule has 3 rings (SSSR count). The van der Waals surface area contributed by atoms with Crippen LogP contribution in [0.5, 0.6) is 0 Å². The third kappa shape index (κ3) is 2.27. The number of halogens is 1. The van der Waals surface area contributed by atoms with Crippen molar-refractivity contribution in [3.05, 3.63) is 10.0 Å². The molecule has 9 nitrogen and oxygen atoms in total. The zero-order chi connectivity index (χ0) is 15.2. The number of likely N-dealkylation sites (tertiary alicyclic amines) is 1. The minimum absolute atomic E-state index is 0.240. The van der Waals surface area contributed by atoms with Crippen molar-refractivity contribution in [2.75, 3.05) is 18.8 Å². The van der Waals surface area contributed by atoms with Gasteiger partial charge in [0.1, 0.15) is 15.8 Å². The van der Waals surface area contributed by atoms with E-state index in [0.29, 0.717) is 20.6 Å². The maximum atomic E-state index is 10.9. The second-order valence-corrected chi connectivity index (χ2v) is 5.93. The molecule has 4 N–H and O–H groups in total. The number of piperidine rings is 1. The zero-order valence-electron chi connectivity index (χ0n) is 10.9. The van der Waals surface area contributed by atoms with Crippen molar-refractivity contribution in [1.82, 2.24) is 24.6 Å². The van der Waals surface area contributed by atoms with Crippen molar-refractivity contribution in [3.63, 3.8) is 0 Å². The summed E-state index contributed by atoms with van der Waals surface area (Å²) in [5, 5.41) is 24.7. The molecule has 0 aliphatic carbocycles. The number of carbonyl (C=O) groups is 1. The van der Waals surface area contributed by atoms with Crippen molar-refractivity contribution in [2.24, 2.45) is 0 Å². The summed E-state index contributed by atoms with van der Waals surface area (Å²) >= 11 is 2.01. The summed E-state index contributed by atoms with van der Waals surface area (Å²) < 4.78 is 2.04. The largest absolute Gasteiger partial charge is 0.465 e. The summed E-state index contributed by atoms with van der Waals surface area (Å²) in [6.07, 6.45) is 0.830. The van der Waals surface area contributed by atoms with Crippen LogP contribution < -0.4 is 5.73 Å². The molecule has 2 aromatic rings. The lowest BCUT2D eigenvalue weighted by atomic mass is 10.0. The smallest absolute Gasteiger partial charge is 0.407 e. The molecule has 0 atom stereocenters. The fourth-order valence-electron chi connectivity index (χ4n) is 2.49. The Labute approximate surface area is 132 Å². The highest BCUT2D eigenvalue weighted by molar-refractivity contribution is 14.1. The van der Waals surface area contributed by atoms with Crippen LogP contribution in [0.3, 0.4) is 0 Å². The van der Waals surface area contributed by atoms with Gasteiger partial charge >= 0.3 is 6.09 Å². The minimum Gasteiger partial charge on any atom is -0.465 e. The monoisotopic (exact) mass is 404 g/mol. The Balaban J connectivity index is 2.01. The van der Waals surface area contributed by atoms with Crippen molar-refractivity contribution in [3.8, 4) is 0 Å². The number of carboxylic acid groups (broad SMARTS) is 1. The van der Waals surface area contributed by atoms with E-state index in [9.17, 15) is 9.90 Å². The maximum absolute atomic E-state index is 10.9. The van der Waals surface area contributed by atoms with Crippen LogP contribution in [0, 0.1) is 3.70 Å². The number of amides is 1. The normalized spacial score (nSPS) is 18.1. The average Bonchev–Trinajstić information content (AvgIpc) is 2.79. The number of fused-ring (bicyclic) bond motifs is 1. The first-order valence-electron chi connectivity index (χ1n) is 6.28. The number of nitrogen functional groups attached to an aromatic ring is 1. The highest BCUT2D eigenvalue weighted by Crippen LogP contribution is 2.32. The molecule has 2 aromatic heterocycles. The Kier molecular flexibility index (Phi) is 3.36. The third-order valence-electron chi connectivity index (χ3n) is 3.68. The predicted octanol–water partition coefficient (Wildman–Crippen LogP) is 0.432. The molecule has 1 fully saturated rings. The predicted molar refractivity (Wildman–Crippen MR) is 81.5 cm³/mol. The van der Waals surface area contributed by atoms with Gasteiger partial charge in [-0.25, -0.2) is 19.4 Å². The molecule has 21 heavy (non-hydrogen) atoms. The summed E-state index contributed by atoms with van der Waals surface area (Å²) in [4.78, 5) is 20.3. The van der Waals surface area contributed by atoms with Gasteiger partial charge in [-0.1, -0.05) is 0 Å². The lowest BCUT2D eigenvalue weighted by molar-refractivity contribution is -0.0886. The quantitative estimate of drug-likeness (QED) is 0.588. The lowest BCUT2D eigenvalue weighted by Crippen LogP contribution is -2.48. The summed E-state index contributed by atoms with van der Waals surface area (Å²) in [6.45, 7) is 0.481. The molecule has 1 amide bonds. The third-order valence-corrected chi connectivity index (χ3v) is 4.44. The van der Waals surface area contributed by atoms with Crippen LogP contribution in [0.1, 0.15) is 12.8 Å². The van der Waals surface area contributed by atoms with Gasteiger partial charge in [0.25, 0.3) is 0 Å². The molecular formula is C11H13IN6O3. The van der Waals surface area contributed by atoms with Crippen molar-refractivity contribution in [1.29, 1.82) is 0 Å². The van der Waals surface area contributed by atoms with Crippen LogP contribution in [0.4, 0.5) is 10.6 Å². The average molecular weight is 404 g/mol. The standard InChI is InChI=1S/C11H13IN6O3/c12-7-6-8(13)14-5-15-9(6)18(16-7)11(21)1-3-17(4-2-11)10(19)20/h5,21H,1-4H2,(H,19,20)(H2,13,14,15). The van der Waals surface area contributed by atoms with E-state index in [-0.39, 0.29) is 25.9 Å². The SMILES string of the molecule is Nc1ncnc2c1c(I)nn2C1(O)CCN(C(=O)O)CC1. The van der Waals surface area contributed by atoms with E-state index in [4.69, 9.17) is 10.8 Å². The number of anilines is 1. The number of hydrogen-bond acceptors (Lipinski definition) is 6. The molecule has 0 radical (unpaired) electrons. The summed E-state index contributed by atoms with van der Waals surface area (Å²) in [7, 11) is 0. The highest BCUT2D eigenvalue weighted by atomic mass is 127.